The molecular formula is C21H20O4. The molecule has 3 rings (SSSR count). The lowest BCUT2D eigenvalue weighted by molar-refractivity contribution is -0.142. The van der Waals surface area contributed by atoms with Crippen molar-refractivity contribution in [3.63, 3.8) is 0 Å². The molecule has 25 heavy (non-hydrogen) atoms. The summed E-state index contributed by atoms with van der Waals surface area (Å²) in [5, 5.41) is 14.1. The average Bonchev–Trinajstić information content (AvgIpc) is 2.62. The Labute approximate surface area is 146 Å². The second kappa shape index (κ2) is 7.36. The standard InChI is InChI=1S/C21H20O4/c1-14(2)21(23)25-13-17(22)12-24-20-18-9-5-3-7-15(18)11-16-8-4-6-10-19(16)20/h3-11,17,22H,1,12-13H2,2H3. The lowest BCUT2D eigenvalue weighted by Gasteiger charge is -2.16. The molecule has 0 heterocycles. The lowest BCUT2D eigenvalue weighted by Crippen LogP contribution is -2.25. The molecule has 1 atom stereocenters. The summed E-state index contributed by atoms with van der Waals surface area (Å²) in [4.78, 5) is 11.4. The van der Waals surface area contributed by atoms with Crippen LogP contribution in [0.4, 0.5) is 0 Å². The first kappa shape index (κ1) is 17.0. The van der Waals surface area contributed by atoms with Crippen LogP contribution in [0.5, 0.6) is 5.75 Å². The van der Waals surface area contributed by atoms with Crippen LogP contribution in [-0.4, -0.2) is 30.4 Å². The van der Waals surface area contributed by atoms with Gasteiger partial charge in [-0.25, -0.2) is 4.79 Å². The van der Waals surface area contributed by atoms with Gasteiger partial charge in [0, 0.05) is 16.3 Å². The molecular weight excluding hydrogens is 316 g/mol. The van der Waals surface area contributed by atoms with Crippen molar-refractivity contribution in [2.45, 2.75) is 13.0 Å². The van der Waals surface area contributed by atoms with Crippen molar-refractivity contribution in [1.82, 2.24) is 0 Å². The fourth-order valence-electron chi connectivity index (χ4n) is 2.65. The molecule has 0 aliphatic carbocycles. The maximum atomic E-state index is 11.4. The molecule has 0 saturated heterocycles. The quantitative estimate of drug-likeness (QED) is 0.422. The van der Waals surface area contributed by atoms with E-state index in [0.717, 1.165) is 27.3 Å². The number of fused-ring (bicyclic) bond motifs is 2. The van der Waals surface area contributed by atoms with Crippen molar-refractivity contribution >= 4 is 27.5 Å². The number of aliphatic hydroxyl groups is 1. The third-order valence-electron chi connectivity index (χ3n) is 3.90. The smallest absolute Gasteiger partial charge is 0.333 e. The molecule has 0 bridgehead atoms. The number of hydrogen-bond acceptors (Lipinski definition) is 4. The minimum absolute atomic E-state index is 0.0292. The Morgan fingerprint density at radius 3 is 2.16 bits per heavy atom. The largest absolute Gasteiger partial charge is 0.489 e. The third kappa shape index (κ3) is 3.80. The normalized spacial score (nSPS) is 12.1. The first-order valence-electron chi connectivity index (χ1n) is 8.10. The van der Waals surface area contributed by atoms with Gasteiger partial charge in [-0.1, -0.05) is 55.1 Å². The summed E-state index contributed by atoms with van der Waals surface area (Å²) >= 11 is 0. The maximum Gasteiger partial charge on any atom is 0.333 e. The van der Waals surface area contributed by atoms with E-state index in [-0.39, 0.29) is 13.2 Å². The van der Waals surface area contributed by atoms with Gasteiger partial charge in [-0.05, 0) is 23.8 Å². The second-order valence-corrected chi connectivity index (χ2v) is 5.99. The van der Waals surface area contributed by atoms with E-state index in [2.05, 4.69) is 12.6 Å². The molecule has 4 nitrogen and oxygen atoms in total. The van der Waals surface area contributed by atoms with Crippen molar-refractivity contribution in [2.75, 3.05) is 13.2 Å². The molecule has 0 fully saturated rings. The fraction of sp³-hybridized carbons (Fsp3) is 0.190. The summed E-state index contributed by atoms with van der Waals surface area (Å²) in [5.74, 6) is 0.202. The number of ether oxygens (including phenoxy) is 2. The number of benzene rings is 3. The predicted molar refractivity (Wildman–Crippen MR) is 98.7 cm³/mol. The van der Waals surface area contributed by atoms with Crippen LogP contribution in [0.1, 0.15) is 6.92 Å². The molecule has 0 saturated carbocycles. The number of rotatable bonds is 6. The number of carbonyl (C=O) groups excluding carboxylic acids is 1. The van der Waals surface area contributed by atoms with Gasteiger partial charge in [0.05, 0.1) is 0 Å². The van der Waals surface area contributed by atoms with Gasteiger partial charge in [-0.3, -0.25) is 0 Å². The SMILES string of the molecule is C=C(C)C(=O)OCC(O)COc1c2ccccc2cc2ccccc12. The zero-order valence-electron chi connectivity index (χ0n) is 14.1. The van der Waals surface area contributed by atoms with Crippen LogP contribution in [0, 0.1) is 0 Å². The van der Waals surface area contributed by atoms with E-state index >= 15 is 0 Å². The highest BCUT2D eigenvalue weighted by atomic mass is 16.5. The van der Waals surface area contributed by atoms with Crippen LogP contribution in [0.15, 0.2) is 66.7 Å². The maximum absolute atomic E-state index is 11.4. The highest BCUT2D eigenvalue weighted by molar-refractivity contribution is 6.05. The summed E-state index contributed by atoms with van der Waals surface area (Å²) in [7, 11) is 0. The van der Waals surface area contributed by atoms with Crippen molar-refractivity contribution in [3.05, 3.63) is 66.7 Å². The van der Waals surface area contributed by atoms with Gasteiger partial charge in [0.15, 0.2) is 0 Å². The van der Waals surface area contributed by atoms with Crippen LogP contribution in [-0.2, 0) is 9.53 Å². The fourth-order valence-corrected chi connectivity index (χ4v) is 2.65. The molecule has 0 aliphatic heterocycles. The Bertz CT molecular complexity index is 875. The molecule has 1 unspecified atom stereocenters. The molecule has 128 valence electrons. The van der Waals surface area contributed by atoms with Crippen molar-refractivity contribution in [3.8, 4) is 5.75 Å². The first-order chi connectivity index (χ1) is 12.1. The van der Waals surface area contributed by atoms with E-state index in [9.17, 15) is 9.90 Å². The van der Waals surface area contributed by atoms with E-state index in [1.807, 2.05) is 48.5 Å². The van der Waals surface area contributed by atoms with Crippen LogP contribution < -0.4 is 4.74 Å². The molecule has 3 aromatic carbocycles. The van der Waals surface area contributed by atoms with Gasteiger partial charge in [-0.2, -0.15) is 0 Å². The monoisotopic (exact) mass is 336 g/mol. The van der Waals surface area contributed by atoms with Gasteiger partial charge in [-0.15, -0.1) is 0 Å². The minimum atomic E-state index is -0.916. The molecule has 3 aromatic rings. The topological polar surface area (TPSA) is 55.8 Å². The third-order valence-corrected chi connectivity index (χ3v) is 3.90. The zero-order chi connectivity index (χ0) is 17.8. The van der Waals surface area contributed by atoms with Gasteiger partial charge >= 0.3 is 5.97 Å². The van der Waals surface area contributed by atoms with Gasteiger partial charge in [0.2, 0.25) is 0 Å². The van der Waals surface area contributed by atoms with Gasteiger partial charge in [0.1, 0.15) is 25.1 Å². The van der Waals surface area contributed by atoms with Crippen LogP contribution in [0.25, 0.3) is 21.5 Å². The molecule has 0 radical (unpaired) electrons. The van der Waals surface area contributed by atoms with Gasteiger partial charge in [0.25, 0.3) is 0 Å². The number of esters is 1. The van der Waals surface area contributed by atoms with E-state index < -0.39 is 12.1 Å². The number of aliphatic hydroxyl groups excluding tert-OH is 1. The Morgan fingerprint density at radius 2 is 1.60 bits per heavy atom. The van der Waals surface area contributed by atoms with Gasteiger partial charge < -0.3 is 14.6 Å². The zero-order valence-corrected chi connectivity index (χ0v) is 14.1. The molecule has 0 amide bonds. The number of carbonyl (C=O) groups is 1. The summed E-state index contributed by atoms with van der Waals surface area (Å²) in [6.07, 6.45) is -0.916. The van der Waals surface area contributed by atoms with Crippen LogP contribution in [0.3, 0.4) is 0 Å². The van der Waals surface area contributed by atoms with E-state index in [0.29, 0.717) is 5.57 Å². The first-order valence-corrected chi connectivity index (χ1v) is 8.10. The highest BCUT2D eigenvalue weighted by Gasteiger charge is 2.13. The Kier molecular flexibility index (Phi) is 5.00. The van der Waals surface area contributed by atoms with Crippen molar-refractivity contribution in [1.29, 1.82) is 0 Å². The molecule has 0 aromatic heterocycles. The minimum Gasteiger partial charge on any atom is -0.489 e. The number of hydrogen-bond donors (Lipinski definition) is 1. The highest BCUT2D eigenvalue weighted by Crippen LogP contribution is 2.34. The predicted octanol–water partition coefficient (Wildman–Crippen LogP) is 3.85. The summed E-state index contributed by atoms with van der Waals surface area (Å²) in [6, 6.07) is 18.0. The van der Waals surface area contributed by atoms with E-state index in [4.69, 9.17) is 9.47 Å². The summed E-state index contributed by atoms with van der Waals surface area (Å²) in [6.45, 7) is 4.97. The van der Waals surface area contributed by atoms with Crippen molar-refractivity contribution < 1.29 is 19.4 Å². The Morgan fingerprint density at radius 1 is 1.04 bits per heavy atom. The second-order valence-electron chi connectivity index (χ2n) is 5.99. The molecule has 0 aliphatic rings. The van der Waals surface area contributed by atoms with E-state index in [1.54, 1.807) is 6.92 Å². The van der Waals surface area contributed by atoms with Crippen LogP contribution in [0.2, 0.25) is 0 Å². The summed E-state index contributed by atoms with van der Waals surface area (Å²) in [5.41, 5.74) is 0.299. The molecule has 1 N–H and O–H groups in total. The van der Waals surface area contributed by atoms with E-state index in [1.165, 1.54) is 0 Å². The lowest BCUT2D eigenvalue weighted by atomic mass is 10.0. The van der Waals surface area contributed by atoms with Crippen LogP contribution >= 0.6 is 0 Å². The van der Waals surface area contributed by atoms with Crippen molar-refractivity contribution in [2.24, 2.45) is 0 Å². The molecule has 0 spiro atoms. The Balaban J connectivity index is 1.82. The Hall–Kier alpha value is -2.85. The summed E-state index contributed by atoms with van der Waals surface area (Å²) < 4.78 is 10.9. The average molecular weight is 336 g/mol. The molecule has 4 heteroatoms.